The summed E-state index contributed by atoms with van der Waals surface area (Å²) in [6, 6.07) is 5.77. The maximum Gasteiger partial charge on any atom is 0.246 e. The minimum absolute atomic E-state index is 0.0952. The van der Waals surface area contributed by atoms with Crippen molar-refractivity contribution < 1.29 is 14.3 Å². The van der Waals surface area contributed by atoms with Crippen LogP contribution in [-0.4, -0.2) is 30.7 Å². The van der Waals surface area contributed by atoms with Crippen molar-refractivity contribution in [3.05, 3.63) is 42.0 Å². The highest BCUT2D eigenvalue weighted by Crippen LogP contribution is 2.32. The van der Waals surface area contributed by atoms with Crippen molar-refractivity contribution in [3.8, 4) is 11.5 Å². The molecule has 2 aliphatic heterocycles. The van der Waals surface area contributed by atoms with E-state index in [-0.39, 0.29) is 12.7 Å². The zero-order valence-electron chi connectivity index (χ0n) is 11.2. The summed E-state index contributed by atoms with van der Waals surface area (Å²) in [5.41, 5.74) is 1.02. The van der Waals surface area contributed by atoms with Crippen LogP contribution >= 0.6 is 0 Å². The van der Waals surface area contributed by atoms with E-state index in [0.717, 1.165) is 43.0 Å². The Bertz CT molecular complexity index is 557. The highest BCUT2D eigenvalue weighted by molar-refractivity contribution is 5.88. The minimum atomic E-state index is 0.0952. The molecule has 2 heterocycles. The molecule has 0 radical (unpaired) electrons. The van der Waals surface area contributed by atoms with E-state index in [1.54, 1.807) is 12.2 Å². The topological polar surface area (TPSA) is 38.8 Å². The first-order chi connectivity index (χ1) is 9.83. The number of hydrogen-bond acceptors (Lipinski definition) is 3. The fourth-order valence-electron chi connectivity index (χ4n) is 2.36. The van der Waals surface area contributed by atoms with Gasteiger partial charge in [0.05, 0.1) is 0 Å². The van der Waals surface area contributed by atoms with Crippen molar-refractivity contribution in [2.45, 2.75) is 12.8 Å². The van der Waals surface area contributed by atoms with Gasteiger partial charge in [-0.25, -0.2) is 0 Å². The van der Waals surface area contributed by atoms with E-state index < -0.39 is 0 Å². The summed E-state index contributed by atoms with van der Waals surface area (Å²) < 4.78 is 10.6. The number of rotatable bonds is 3. The Morgan fingerprint density at radius 1 is 1.10 bits per heavy atom. The van der Waals surface area contributed by atoms with Crippen molar-refractivity contribution in [1.29, 1.82) is 0 Å². The number of benzene rings is 1. The third kappa shape index (κ3) is 2.85. The number of fused-ring (bicyclic) bond motifs is 1. The number of carbonyl (C=O) groups is 1. The van der Waals surface area contributed by atoms with E-state index in [2.05, 4.69) is 0 Å². The molecule has 3 rings (SSSR count). The van der Waals surface area contributed by atoms with Crippen molar-refractivity contribution in [3.63, 3.8) is 0 Å². The minimum Gasteiger partial charge on any atom is -0.454 e. The Kier molecular flexibility index (Phi) is 3.72. The van der Waals surface area contributed by atoms with Crippen LogP contribution in [0, 0.1) is 0 Å². The zero-order chi connectivity index (χ0) is 13.8. The standard InChI is InChI=1S/C16H17NO3/c18-16(17-9-3-4-10-17)6-2-1-5-13-7-8-14-15(11-13)20-12-19-14/h1-2,5-8,11H,3-4,9-10,12H2/b5-1?,6-2+. The number of carbonyl (C=O) groups excluding carboxylic acids is 1. The number of nitrogens with zero attached hydrogens (tertiary/aromatic N) is 1. The molecule has 0 saturated carbocycles. The second-order valence-corrected chi connectivity index (χ2v) is 4.86. The Morgan fingerprint density at radius 2 is 1.90 bits per heavy atom. The first-order valence-electron chi connectivity index (χ1n) is 6.86. The van der Waals surface area contributed by atoms with Gasteiger partial charge in [-0.3, -0.25) is 4.79 Å². The Balaban J connectivity index is 1.58. The van der Waals surface area contributed by atoms with Crippen LogP contribution in [0.25, 0.3) is 6.08 Å². The van der Waals surface area contributed by atoms with Crippen molar-refractivity contribution in [2.75, 3.05) is 19.9 Å². The predicted octanol–water partition coefficient (Wildman–Crippen LogP) is 2.61. The number of amides is 1. The van der Waals surface area contributed by atoms with E-state index in [1.807, 2.05) is 35.3 Å². The summed E-state index contributed by atoms with van der Waals surface area (Å²) in [6.07, 6.45) is 9.44. The number of hydrogen-bond donors (Lipinski definition) is 0. The first-order valence-corrected chi connectivity index (χ1v) is 6.86. The third-order valence-electron chi connectivity index (χ3n) is 3.45. The quantitative estimate of drug-likeness (QED) is 0.626. The molecule has 1 fully saturated rings. The fraction of sp³-hybridized carbons (Fsp3) is 0.312. The van der Waals surface area contributed by atoms with Gasteiger partial charge in [0, 0.05) is 19.2 Å². The second kappa shape index (κ2) is 5.82. The molecule has 0 N–H and O–H groups in total. The summed E-state index contributed by atoms with van der Waals surface area (Å²) in [4.78, 5) is 13.7. The zero-order valence-corrected chi connectivity index (χ0v) is 11.2. The van der Waals surface area contributed by atoms with E-state index in [1.165, 1.54) is 0 Å². The van der Waals surface area contributed by atoms with Gasteiger partial charge in [0.25, 0.3) is 0 Å². The molecule has 4 nitrogen and oxygen atoms in total. The van der Waals surface area contributed by atoms with Crippen LogP contribution in [0.5, 0.6) is 11.5 Å². The largest absolute Gasteiger partial charge is 0.454 e. The van der Waals surface area contributed by atoms with Gasteiger partial charge >= 0.3 is 0 Å². The van der Waals surface area contributed by atoms with Gasteiger partial charge < -0.3 is 14.4 Å². The second-order valence-electron chi connectivity index (χ2n) is 4.86. The summed E-state index contributed by atoms with van der Waals surface area (Å²) >= 11 is 0. The molecule has 20 heavy (non-hydrogen) atoms. The lowest BCUT2D eigenvalue weighted by molar-refractivity contribution is -0.124. The summed E-state index contributed by atoms with van der Waals surface area (Å²) in [5.74, 6) is 1.64. The Morgan fingerprint density at radius 3 is 2.75 bits per heavy atom. The van der Waals surface area contributed by atoms with Crippen LogP contribution in [0.2, 0.25) is 0 Å². The van der Waals surface area contributed by atoms with Gasteiger partial charge in [-0.15, -0.1) is 0 Å². The van der Waals surface area contributed by atoms with Gasteiger partial charge in [-0.1, -0.05) is 24.3 Å². The van der Waals surface area contributed by atoms with Gasteiger partial charge in [0.15, 0.2) is 11.5 Å². The normalized spacial score (nSPS) is 17.5. The molecule has 1 aromatic rings. The molecule has 0 atom stereocenters. The monoisotopic (exact) mass is 271 g/mol. The lowest BCUT2D eigenvalue weighted by Gasteiger charge is -2.11. The van der Waals surface area contributed by atoms with Crippen LogP contribution in [-0.2, 0) is 4.79 Å². The van der Waals surface area contributed by atoms with Gasteiger partial charge in [-0.05, 0) is 30.5 Å². The van der Waals surface area contributed by atoms with Crippen LogP contribution in [0.4, 0.5) is 0 Å². The Labute approximate surface area is 118 Å². The molecule has 0 aliphatic carbocycles. The number of allylic oxidation sites excluding steroid dienone is 2. The van der Waals surface area contributed by atoms with E-state index >= 15 is 0 Å². The van der Waals surface area contributed by atoms with Gasteiger partial charge in [0.1, 0.15) is 0 Å². The van der Waals surface area contributed by atoms with Crippen molar-refractivity contribution in [2.24, 2.45) is 0 Å². The van der Waals surface area contributed by atoms with Gasteiger partial charge in [0.2, 0.25) is 12.7 Å². The molecular weight excluding hydrogens is 254 g/mol. The molecule has 1 aromatic carbocycles. The van der Waals surface area contributed by atoms with Gasteiger partial charge in [-0.2, -0.15) is 0 Å². The highest BCUT2D eigenvalue weighted by Gasteiger charge is 2.14. The molecule has 1 saturated heterocycles. The summed E-state index contributed by atoms with van der Waals surface area (Å²) in [5, 5.41) is 0. The molecule has 0 spiro atoms. The number of likely N-dealkylation sites (tertiary alicyclic amines) is 1. The van der Waals surface area contributed by atoms with Crippen LogP contribution < -0.4 is 9.47 Å². The molecule has 2 aliphatic rings. The lowest BCUT2D eigenvalue weighted by Crippen LogP contribution is -2.25. The fourth-order valence-corrected chi connectivity index (χ4v) is 2.36. The molecule has 1 amide bonds. The van der Waals surface area contributed by atoms with E-state index in [0.29, 0.717) is 0 Å². The first kappa shape index (κ1) is 12.8. The molecule has 104 valence electrons. The molecule has 0 aromatic heterocycles. The third-order valence-corrected chi connectivity index (χ3v) is 3.45. The molecule has 4 heteroatoms. The van der Waals surface area contributed by atoms with Crippen molar-refractivity contribution in [1.82, 2.24) is 4.90 Å². The number of ether oxygens (including phenoxy) is 2. The lowest BCUT2D eigenvalue weighted by atomic mass is 10.2. The van der Waals surface area contributed by atoms with E-state index in [4.69, 9.17) is 9.47 Å². The van der Waals surface area contributed by atoms with E-state index in [9.17, 15) is 4.79 Å². The van der Waals surface area contributed by atoms with Crippen LogP contribution in [0.1, 0.15) is 18.4 Å². The smallest absolute Gasteiger partial charge is 0.246 e. The SMILES string of the molecule is O=C(/C=C/C=Cc1ccc2c(c1)OCO2)N1CCCC1. The van der Waals surface area contributed by atoms with Crippen LogP contribution in [0.3, 0.4) is 0 Å². The molecule has 0 unspecified atom stereocenters. The molecular formula is C16H17NO3. The summed E-state index contributed by atoms with van der Waals surface area (Å²) in [6.45, 7) is 2.05. The van der Waals surface area contributed by atoms with Crippen molar-refractivity contribution >= 4 is 12.0 Å². The maximum absolute atomic E-state index is 11.8. The predicted molar refractivity (Wildman–Crippen MR) is 76.6 cm³/mol. The average molecular weight is 271 g/mol. The molecule has 0 bridgehead atoms. The highest BCUT2D eigenvalue weighted by atomic mass is 16.7. The summed E-state index contributed by atoms with van der Waals surface area (Å²) in [7, 11) is 0. The maximum atomic E-state index is 11.8. The Hall–Kier alpha value is -2.23. The average Bonchev–Trinajstić information content (AvgIpc) is 3.13. The van der Waals surface area contributed by atoms with Crippen LogP contribution in [0.15, 0.2) is 36.4 Å².